The van der Waals surface area contributed by atoms with Gasteiger partial charge in [0, 0.05) is 10.9 Å². The smallest absolute Gasteiger partial charge is 0.295 e. The molecule has 32 heavy (non-hydrogen) atoms. The molecule has 2 heterocycles. The van der Waals surface area contributed by atoms with Gasteiger partial charge in [-0.1, -0.05) is 35.9 Å². The lowest BCUT2D eigenvalue weighted by Gasteiger charge is -2.13. The number of nitrogens with zero attached hydrogens (tertiary/aromatic N) is 3. The Bertz CT molecular complexity index is 1420. The lowest BCUT2D eigenvalue weighted by Crippen LogP contribution is -2.29. The van der Waals surface area contributed by atoms with Crippen molar-refractivity contribution in [2.45, 2.75) is 0 Å². The molecule has 0 aliphatic carbocycles. The number of azo groups is 1. The molecule has 0 radical (unpaired) electrons. The van der Waals surface area contributed by atoms with E-state index in [0.29, 0.717) is 32.7 Å². The summed E-state index contributed by atoms with van der Waals surface area (Å²) >= 11 is 6.09. The Hall–Kier alpha value is -4.30. The SMILES string of the molecule is O=C(N=Nc1c(O)[nH]c2c(Cl)cccc12)c1ccc(N2C(=O)c3ccccc3C2=O)cc1. The number of aromatic nitrogens is 1. The van der Waals surface area contributed by atoms with Gasteiger partial charge in [-0.3, -0.25) is 14.4 Å². The van der Waals surface area contributed by atoms with Gasteiger partial charge in [-0.15, -0.1) is 10.2 Å². The third-order valence-corrected chi connectivity index (χ3v) is 5.46. The summed E-state index contributed by atoms with van der Waals surface area (Å²) in [6.45, 7) is 0. The molecule has 0 saturated heterocycles. The second kappa shape index (κ2) is 7.44. The quantitative estimate of drug-likeness (QED) is 0.331. The number of amides is 3. The van der Waals surface area contributed by atoms with Crippen LogP contribution in [0.2, 0.25) is 5.02 Å². The third kappa shape index (κ3) is 3.05. The fourth-order valence-corrected chi connectivity index (χ4v) is 3.81. The van der Waals surface area contributed by atoms with Crippen LogP contribution >= 0.6 is 11.6 Å². The van der Waals surface area contributed by atoms with E-state index in [4.69, 9.17) is 11.6 Å². The first kappa shape index (κ1) is 19.7. The van der Waals surface area contributed by atoms with Crippen LogP contribution in [-0.4, -0.2) is 27.8 Å². The second-order valence-corrected chi connectivity index (χ2v) is 7.44. The summed E-state index contributed by atoms with van der Waals surface area (Å²) in [6, 6.07) is 17.5. The summed E-state index contributed by atoms with van der Waals surface area (Å²) in [7, 11) is 0. The minimum atomic E-state index is -0.658. The number of fused-ring (bicyclic) bond motifs is 2. The van der Waals surface area contributed by atoms with Gasteiger partial charge in [-0.2, -0.15) is 0 Å². The van der Waals surface area contributed by atoms with Crippen LogP contribution in [0.1, 0.15) is 31.1 Å². The predicted molar refractivity (Wildman–Crippen MR) is 118 cm³/mol. The highest BCUT2D eigenvalue weighted by Gasteiger charge is 2.36. The lowest BCUT2D eigenvalue weighted by atomic mass is 10.1. The molecule has 1 aromatic heterocycles. The molecule has 0 atom stereocenters. The number of carbonyl (C=O) groups excluding carboxylic acids is 3. The number of para-hydroxylation sites is 1. The monoisotopic (exact) mass is 444 g/mol. The third-order valence-electron chi connectivity index (χ3n) is 5.14. The van der Waals surface area contributed by atoms with Crippen molar-refractivity contribution in [2.75, 3.05) is 4.90 Å². The van der Waals surface area contributed by atoms with Gasteiger partial charge in [-0.25, -0.2) is 4.90 Å². The van der Waals surface area contributed by atoms with Crippen molar-refractivity contribution in [3.05, 3.63) is 88.4 Å². The highest BCUT2D eigenvalue weighted by Crippen LogP contribution is 2.38. The van der Waals surface area contributed by atoms with E-state index >= 15 is 0 Å². The Kier molecular flexibility index (Phi) is 4.57. The molecular formula is C23H13ClN4O4. The first-order valence-electron chi connectivity index (χ1n) is 9.49. The molecule has 1 aliphatic rings. The zero-order valence-corrected chi connectivity index (χ0v) is 17.0. The van der Waals surface area contributed by atoms with Crippen LogP contribution in [0.5, 0.6) is 5.88 Å². The Morgan fingerprint density at radius 2 is 1.56 bits per heavy atom. The van der Waals surface area contributed by atoms with E-state index in [1.807, 2.05) is 0 Å². The van der Waals surface area contributed by atoms with Crippen LogP contribution in [0.4, 0.5) is 11.4 Å². The number of aromatic amines is 1. The molecule has 3 amide bonds. The molecule has 1 aliphatic heterocycles. The van der Waals surface area contributed by atoms with Crippen LogP contribution in [0, 0.1) is 0 Å². The molecule has 0 bridgehead atoms. The minimum Gasteiger partial charge on any atom is -0.493 e. The molecule has 0 unspecified atom stereocenters. The fraction of sp³-hybridized carbons (Fsp3) is 0. The number of carbonyl (C=O) groups is 3. The normalized spacial score (nSPS) is 13.3. The minimum absolute atomic E-state index is 0.0958. The van der Waals surface area contributed by atoms with Crippen LogP contribution in [0.25, 0.3) is 10.9 Å². The molecule has 3 aromatic carbocycles. The number of rotatable bonds is 3. The van der Waals surface area contributed by atoms with E-state index in [2.05, 4.69) is 15.2 Å². The van der Waals surface area contributed by atoms with E-state index < -0.39 is 17.7 Å². The number of hydrogen-bond acceptors (Lipinski definition) is 5. The van der Waals surface area contributed by atoms with Gasteiger partial charge in [0.1, 0.15) is 0 Å². The molecule has 156 valence electrons. The van der Waals surface area contributed by atoms with Gasteiger partial charge in [-0.05, 0) is 42.5 Å². The molecule has 9 heteroatoms. The number of aromatic hydroxyl groups is 1. The van der Waals surface area contributed by atoms with Crippen molar-refractivity contribution in [3.8, 4) is 5.88 Å². The highest BCUT2D eigenvalue weighted by atomic mass is 35.5. The first-order valence-corrected chi connectivity index (χ1v) is 9.86. The Morgan fingerprint density at radius 3 is 2.22 bits per heavy atom. The van der Waals surface area contributed by atoms with Crippen LogP contribution in [0.3, 0.4) is 0 Å². The second-order valence-electron chi connectivity index (χ2n) is 7.03. The van der Waals surface area contributed by atoms with Gasteiger partial charge in [0.05, 0.1) is 27.4 Å². The molecule has 5 rings (SSSR count). The zero-order valence-electron chi connectivity index (χ0n) is 16.2. The van der Waals surface area contributed by atoms with Crippen LogP contribution in [-0.2, 0) is 0 Å². The standard InChI is InChI=1S/C23H13ClN4O4/c24-17-7-3-6-16-18(17)25-21(30)19(16)26-27-20(29)12-8-10-13(11-9-12)28-22(31)14-4-1-2-5-15(14)23(28)32/h1-11,25,30H. The summed E-state index contributed by atoms with van der Waals surface area (Å²) in [5.41, 5.74) is 1.80. The highest BCUT2D eigenvalue weighted by molar-refractivity contribution is 6.35. The summed E-state index contributed by atoms with van der Waals surface area (Å²) in [5.74, 6) is -1.75. The van der Waals surface area contributed by atoms with E-state index in [9.17, 15) is 19.5 Å². The van der Waals surface area contributed by atoms with E-state index in [0.717, 1.165) is 4.90 Å². The van der Waals surface area contributed by atoms with Crippen molar-refractivity contribution in [2.24, 2.45) is 10.2 Å². The van der Waals surface area contributed by atoms with Gasteiger partial charge >= 0.3 is 0 Å². The molecular weight excluding hydrogens is 432 g/mol. The van der Waals surface area contributed by atoms with E-state index in [1.54, 1.807) is 42.5 Å². The molecule has 4 aromatic rings. The van der Waals surface area contributed by atoms with Crippen molar-refractivity contribution in [3.63, 3.8) is 0 Å². The average Bonchev–Trinajstić information content (AvgIpc) is 3.26. The fourth-order valence-electron chi connectivity index (χ4n) is 3.58. The summed E-state index contributed by atoms with van der Waals surface area (Å²) in [4.78, 5) is 41.4. The molecule has 0 fully saturated rings. The number of nitrogens with one attached hydrogen (secondary N) is 1. The van der Waals surface area contributed by atoms with Gasteiger partial charge in [0.2, 0.25) is 5.88 Å². The van der Waals surface area contributed by atoms with Crippen LogP contribution < -0.4 is 4.90 Å². The maximum absolute atomic E-state index is 12.6. The van der Waals surface area contributed by atoms with Gasteiger partial charge in [0.25, 0.3) is 17.7 Å². The number of imide groups is 1. The Labute approximate surface area is 185 Å². The van der Waals surface area contributed by atoms with Crippen LogP contribution in [0.15, 0.2) is 77.0 Å². The van der Waals surface area contributed by atoms with E-state index in [1.165, 1.54) is 24.3 Å². The lowest BCUT2D eigenvalue weighted by molar-refractivity contribution is 0.0925. The van der Waals surface area contributed by atoms with Crippen molar-refractivity contribution >= 4 is 51.6 Å². The summed E-state index contributed by atoms with van der Waals surface area (Å²) in [5, 5.41) is 18.6. The maximum Gasteiger partial charge on any atom is 0.295 e. The summed E-state index contributed by atoms with van der Waals surface area (Å²) in [6.07, 6.45) is 0. The van der Waals surface area contributed by atoms with Crippen molar-refractivity contribution < 1.29 is 19.5 Å². The predicted octanol–water partition coefficient (Wildman–Crippen LogP) is 5.25. The number of hydrogen-bond donors (Lipinski definition) is 2. The molecule has 0 saturated carbocycles. The van der Waals surface area contributed by atoms with Gasteiger partial charge in [0.15, 0.2) is 5.69 Å². The van der Waals surface area contributed by atoms with Crippen molar-refractivity contribution in [1.29, 1.82) is 0 Å². The number of halogens is 1. The van der Waals surface area contributed by atoms with E-state index in [-0.39, 0.29) is 17.1 Å². The topological polar surface area (TPSA) is 115 Å². The average molecular weight is 445 g/mol. The van der Waals surface area contributed by atoms with Crippen molar-refractivity contribution in [1.82, 2.24) is 4.98 Å². The Morgan fingerprint density at radius 1 is 0.906 bits per heavy atom. The largest absolute Gasteiger partial charge is 0.493 e. The summed E-state index contributed by atoms with van der Waals surface area (Å²) < 4.78 is 0. The Balaban J connectivity index is 1.39. The molecule has 0 spiro atoms. The maximum atomic E-state index is 12.6. The molecule has 8 nitrogen and oxygen atoms in total. The molecule has 2 N–H and O–H groups in total. The number of H-pyrrole nitrogens is 1. The zero-order chi connectivity index (χ0) is 22.4. The number of benzene rings is 3. The van der Waals surface area contributed by atoms with Gasteiger partial charge < -0.3 is 10.1 Å². The first-order chi connectivity index (χ1) is 15.5. The number of anilines is 1.